The van der Waals surface area contributed by atoms with Crippen LogP contribution in [0.25, 0.3) is 22.3 Å². The molecule has 7 nitrogen and oxygen atoms in total. The van der Waals surface area contributed by atoms with E-state index in [2.05, 4.69) is 30.1 Å². The molecular formula is C30H37ClN4O3. The van der Waals surface area contributed by atoms with Crippen molar-refractivity contribution in [2.75, 3.05) is 19.6 Å². The minimum Gasteiger partial charge on any atom is -0.373 e. The zero-order valence-electron chi connectivity index (χ0n) is 22.6. The summed E-state index contributed by atoms with van der Waals surface area (Å²) in [5, 5.41) is 3.98. The monoisotopic (exact) mass is 536 g/mol. The van der Waals surface area contributed by atoms with Crippen LogP contribution in [0.5, 0.6) is 0 Å². The molecule has 2 aliphatic rings. The van der Waals surface area contributed by atoms with Crippen LogP contribution in [0, 0.1) is 5.92 Å². The van der Waals surface area contributed by atoms with Gasteiger partial charge < -0.3 is 10.1 Å². The molecule has 1 N–H and O–H groups in total. The van der Waals surface area contributed by atoms with Gasteiger partial charge in [0.25, 0.3) is 5.56 Å². The molecule has 202 valence electrons. The Balaban J connectivity index is 1.40. The molecule has 3 aromatic rings. The molecule has 2 heterocycles. The summed E-state index contributed by atoms with van der Waals surface area (Å²) in [6, 6.07) is 13.2. The minimum absolute atomic E-state index is 0.0247. The van der Waals surface area contributed by atoms with E-state index in [-0.39, 0.29) is 36.3 Å². The molecule has 0 unspecified atom stereocenters. The molecule has 1 saturated carbocycles. The number of amides is 1. The number of aromatic nitrogens is 2. The number of carbonyl (C=O) groups excluding carboxylic acids is 1. The molecule has 2 fully saturated rings. The van der Waals surface area contributed by atoms with Gasteiger partial charge in [-0.1, -0.05) is 29.8 Å². The molecule has 1 amide bonds. The summed E-state index contributed by atoms with van der Waals surface area (Å²) in [5.41, 5.74) is 2.29. The van der Waals surface area contributed by atoms with E-state index < -0.39 is 0 Å². The van der Waals surface area contributed by atoms with Crippen LogP contribution in [0.15, 0.2) is 47.3 Å². The number of carbonyl (C=O) groups is 1. The van der Waals surface area contributed by atoms with Crippen LogP contribution in [0.4, 0.5) is 0 Å². The zero-order chi connectivity index (χ0) is 27.0. The van der Waals surface area contributed by atoms with E-state index in [9.17, 15) is 9.59 Å². The van der Waals surface area contributed by atoms with Gasteiger partial charge in [0.2, 0.25) is 5.91 Å². The van der Waals surface area contributed by atoms with Crippen molar-refractivity contribution in [3.8, 4) is 11.4 Å². The maximum Gasteiger partial charge on any atom is 0.262 e. The number of hydrogen-bond acceptors (Lipinski definition) is 5. The lowest BCUT2D eigenvalue weighted by atomic mass is 9.71. The molecule has 1 aliphatic heterocycles. The average molecular weight is 537 g/mol. The van der Waals surface area contributed by atoms with E-state index in [4.69, 9.17) is 21.3 Å². The molecule has 1 saturated heterocycles. The van der Waals surface area contributed by atoms with Gasteiger partial charge in [-0.15, -0.1) is 0 Å². The minimum atomic E-state index is -0.226. The third-order valence-electron chi connectivity index (χ3n) is 7.53. The van der Waals surface area contributed by atoms with Gasteiger partial charge in [0.15, 0.2) is 0 Å². The number of rotatable bonds is 7. The summed E-state index contributed by atoms with van der Waals surface area (Å²) in [7, 11) is 0. The van der Waals surface area contributed by atoms with Crippen LogP contribution in [-0.4, -0.2) is 58.2 Å². The van der Waals surface area contributed by atoms with Gasteiger partial charge in [0.05, 0.1) is 23.1 Å². The lowest BCUT2D eigenvalue weighted by molar-refractivity contribution is -0.122. The normalized spacial score (nSPS) is 23.9. The fourth-order valence-corrected chi connectivity index (χ4v) is 6.14. The largest absolute Gasteiger partial charge is 0.373 e. The number of fused-ring (bicyclic) bond motifs is 1. The second-order valence-corrected chi connectivity index (χ2v) is 11.8. The van der Waals surface area contributed by atoms with E-state index >= 15 is 0 Å². The van der Waals surface area contributed by atoms with Crippen LogP contribution in [0.3, 0.4) is 0 Å². The maximum absolute atomic E-state index is 13.8. The van der Waals surface area contributed by atoms with Gasteiger partial charge in [-0.2, -0.15) is 0 Å². The smallest absolute Gasteiger partial charge is 0.262 e. The molecule has 38 heavy (non-hydrogen) atoms. The van der Waals surface area contributed by atoms with E-state index in [1.807, 2.05) is 38.1 Å². The fourth-order valence-electron chi connectivity index (χ4n) is 5.95. The number of nitrogens with zero attached hydrogens (tertiary/aromatic N) is 3. The first-order valence-electron chi connectivity index (χ1n) is 13.6. The Morgan fingerprint density at radius 1 is 1.13 bits per heavy atom. The standard InChI is InChI=1S/C30H37ClN4O3/c1-18(2)32-28(36)17-35-29(23-6-5-7-25(31)12-23)33-27-9-8-22(13-26(27)30(35)37)24-10-21(11-24)16-34-14-19(3)38-20(4)15-34/h5-9,12-13,18-21,24H,10-11,14-17H2,1-4H3,(H,32,36)/t19-,20+,21?,24?. The molecule has 2 aromatic carbocycles. The van der Waals surface area contributed by atoms with E-state index in [1.165, 1.54) is 10.1 Å². The van der Waals surface area contributed by atoms with Gasteiger partial charge >= 0.3 is 0 Å². The molecule has 0 radical (unpaired) electrons. The van der Waals surface area contributed by atoms with E-state index in [1.54, 1.807) is 12.1 Å². The SMILES string of the molecule is CC(C)NC(=O)Cn1c(-c2cccc(Cl)c2)nc2ccc(C3CC(CN4C[C@@H](C)O[C@@H](C)C4)C3)cc2c1=O. The van der Waals surface area contributed by atoms with Gasteiger partial charge in [0, 0.05) is 36.3 Å². The predicted molar refractivity (Wildman–Crippen MR) is 152 cm³/mol. The molecule has 1 aliphatic carbocycles. The molecule has 5 rings (SSSR count). The highest BCUT2D eigenvalue weighted by Gasteiger charge is 2.33. The van der Waals surface area contributed by atoms with Crippen molar-refractivity contribution >= 4 is 28.4 Å². The van der Waals surface area contributed by atoms with Gasteiger partial charge in [-0.3, -0.25) is 19.1 Å². The summed E-state index contributed by atoms with van der Waals surface area (Å²) in [4.78, 5) is 33.9. The molecule has 2 atom stereocenters. The van der Waals surface area contributed by atoms with Crippen molar-refractivity contribution < 1.29 is 9.53 Å². The number of morpholine rings is 1. The lowest BCUT2D eigenvalue weighted by Gasteiger charge is -2.42. The highest BCUT2D eigenvalue weighted by molar-refractivity contribution is 6.30. The summed E-state index contributed by atoms with van der Waals surface area (Å²) < 4.78 is 7.35. The third-order valence-corrected chi connectivity index (χ3v) is 7.77. The summed E-state index contributed by atoms with van der Waals surface area (Å²) in [5.74, 6) is 1.31. The van der Waals surface area contributed by atoms with Crippen molar-refractivity contribution in [1.29, 1.82) is 0 Å². The van der Waals surface area contributed by atoms with Crippen LogP contribution < -0.4 is 10.9 Å². The zero-order valence-corrected chi connectivity index (χ0v) is 23.4. The number of nitrogens with one attached hydrogen (secondary N) is 1. The molecule has 1 aromatic heterocycles. The Hall–Kier alpha value is -2.74. The maximum atomic E-state index is 13.8. The predicted octanol–water partition coefficient (Wildman–Crippen LogP) is 4.84. The quantitative estimate of drug-likeness (QED) is 0.467. The van der Waals surface area contributed by atoms with Crippen molar-refractivity contribution in [1.82, 2.24) is 19.8 Å². The summed E-state index contributed by atoms with van der Waals surface area (Å²) >= 11 is 6.24. The number of ether oxygens (including phenoxy) is 1. The van der Waals surface area contributed by atoms with Crippen molar-refractivity contribution in [2.45, 2.75) is 71.2 Å². The Kier molecular flexibility index (Phi) is 7.89. The first-order chi connectivity index (χ1) is 18.2. The number of halogens is 1. The van der Waals surface area contributed by atoms with Crippen molar-refractivity contribution in [3.63, 3.8) is 0 Å². The lowest BCUT2D eigenvalue weighted by Crippen LogP contribution is -2.48. The van der Waals surface area contributed by atoms with Crippen LogP contribution in [0.2, 0.25) is 5.02 Å². The summed E-state index contributed by atoms with van der Waals surface area (Å²) in [6.07, 6.45) is 2.79. The van der Waals surface area contributed by atoms with Crippen molar-refractivity contribution in [2.24, 2.45) is 5.92 Å². The molecular weight excluding hydrogens is 500 g/mol. The molecule has 0 bridgehead atoms. The highest BCUT2D eigenvalue weighted by Crippen LogP contribution is 2.42. The highest BCUT2D eigenvalue weighted by atomic mass is 35.5. The topological polar surface area (TPSA) is 76.5 Å². The Morgan fingerprint density at radius 3 is 2.55 bits per heavy atom. The average Bonchev–Trinajstić information content (AvgIpc) is 2.81. The van der Waals surface area contributed by atoms with Gasteiger partial charge in [-0.25, -0.2) is 4.98 Å². The molecule has 8 heteroatoms. The van der Waals surface area contributed by atoms with Crippen LogP contribution in [-0.2, 0) is 16.1 Å². The van der Waals surface area contributed by atoms with E-state index in [0.717, 1.165) is 32.5 Å². The Morgan fingerprint density at radius 2 is 1.87 bits per heavy atom. The second kappa shape index (κ2) is 11.2. The van der Waals surface area contributed by atoms with Crippen LogP contribution >= 0.6 is 11.6 Å². The third kappa shape index (κ3) is 5.95. The fraction of sp³-hybridized carbons (Fsp3) is 0.500. The number of hydrogen-bond donors (Lipinski definition) is 1. The second-order valence-electron chi connectivity index (χ2n) is 11.3. The summed E-state index contributed by atoms with van der Waals surface area (Å²) in [6.45, 7) is 11.1. The first kappa shape index (κ1) is 26.9. The Labute approximate surface area is 229 Å². The van der Waals surface area contributed by atoms with E-state index in [0.29, 0.717) is 39.1 Å². The van der Waals surface area contributed by atoms with Gasteiger partial charge in [-0.05, 0) is 82.2 Å². The Bertz CT molecular complexity index is 1370. The van der Waals surface area contributed by atoms with Gasteiger partial charge in [0.1, 0.15) is 12.4 Å². The van der Waals surface area contributed by atoms with Crippen molar-refractivity contribution in [3.05, 3.63) is 63.4 Å². The van der Waals surface area contributed by atoms with Crippen LogP contribution in [0.1, 0.15) is 52.0 Å². The first-order valence-corrected chi connectivity index (χ1v) is 14.0. The number of benzene rings is 2. The molecule has 0 spiro atoms.